The van der Waals surface area contributed by atoms with Gasteiger partial charge in [0.25, 0.3) is 0 Å². The highest BCUT2D eigenvalue weighted by atomic mass is 35.5. The fraction of sp³-hybridized carbons (Fsp3) is 0. The monoisotopic (exact) mass is 101 g/mol. The average Bonchev–Trinajstić information content (AvgIpc) is 1.86. The van der Waals surface area contributed by atoms with Crippen molar-refractivity contribution < 1.29 is 4.42 Å². The van der Waals surface area contributed by atoms with E-state index in [9.17, 15) is 0 Å². The van der Waals surface area contributed by atoms with Gasteiger partial charge in [-0.25, -0.2) is 0 Å². The molecule has 1 heterocycles. The molecule has 0 saturated carbocycles. The van der Waals surface area contributed by atoms with Gasteiger partial charge >= 0.3 is 0 Å². The van der Waals surface area contributed by atoms with Gasteiger partial charge in [0.05, 0.1) is 11.3 Å². The largest absolute Gasteiger partial charge is 0.459 e. The maximum atomic E-state index is 5.31. The molecule has 6 heavy (non-hydrogen) atoms. The number of halogens is 1. The van der Waals surface area contributed by atoms with Crippen molar-refractivity contribution in [1.82, 2.24) is 0 Å². The van der Waals surface area contributed by atoms with Crippen molar-refractivity contribution in [2.75, 3.05) is 0 Å². The number of rotatable bonds is 0. The Morgan fingerprint density at radius 3 is 2.83 bits per heavy atom. The van der Waals surface area contributed by atoms with Crippen molar-refractivity contribution >= 4 is 11.6 Å². The van der Waals surface area contributed by atoms with Crippen LogP contribution in [0.3, 0.4) is 0 Å². The highest BCUT2D eigenvalue weighted by Gasteiger charge is 1.81. The molecule has 0 aromatic carbocycles. The van der Waals surface area contributed by atoms with Crippen molar-refractivity contribution in [3.63, 3.8) is 0 Å². The van der Waals surface area contributed by atoms with E-state index in [-0.39, 0.29) is 0 Å². The smallest absolute Gasteiger partial charge is 0.189 e. The second-order valence-corrected chi connectivity index (χ2v) is 1.28. The summed E-state index contributed by atoms with van der Waals surface area (Å²) < 4.78 is 4.46. The minimum Gasteiger partial charge on any atom is -0.459 e. The van der Waals surface area contributed by atoms with Crippen LogP contribution in [-0.4, -0.2) is 0 Å². The standard InChI is InChI=1S/C4H2ClO/c5-4-1-2-6-3-4/h1-2H. The predicted octanol–water partition coefficient (Wildman–Crippen LogP) is 1.73. The van der Waals surface area contributed by atoms with Crippen LogP contribution in [0.1, 0.15) is 0 Å². The summed E-state index contributed by atoms with van der Waals surface area (Å²) in [5.41, 5.74) is 0. The van der Waals surface area contributed by atoms with Crippen LogP contribution in [0.15, 0.2) is 16.7 Å². The van der Waals surface area contributed by atoms with E-state index in [0.29, 0.717) is 5.02 Å². The summed E-state index contributed by atoms with van der Waals surface area (Å²) in [6, 6.07) is 1.63. The molecule has 0 spiro atoms. The van der Waals surface area contributed by atoms with Crippen LogP contribution in [0.2, 0.25) is 5.02 Å². The van der Waals surface area contributed by atoms with Crippen molar-refractivity contribution in [1.29, 1.82) is 0 Å². The lowest BCUT2D eigenvalue weighted by molar-refractivity contribution is 0.558. The van der Waals surface area contributed by atoms with E-state index >= 15 is 0 Å². The second-order valence-electron chi connectivity index (χ2n) is 0.871. The minimum absolute atomic E-state index is 0.523. The number of hydrogen-bond acceptors (Lipinski definition) is 1. The van der Waals surface area contributed by atoms with E-state index in [2.05, 4.69) is 10.7 Å². The van der Waals surface area contributed by atoms with E-state index in [1.807, 2.05) is 0 Å². The summed E-state index contributed by atoms with van der Waals surface area (Å²) in [5, 5.41) is 0.523. The van der Waals surface area contributed by atoms with Gasteiger partial charge in [-0.1, -0.05) is 11.6 Å². The van der Waals surface area contributed by atoms with Crippen molar-refractivity contribution in [3.05, 3.63) is 23.6 Å². The van der Waals surface area contributed by atoms with Gasteiger partial charge in [-0.2, -0.15) is 0 Å². The lowest BCUT2D eigenvalue weighted by Gasteiger charge is -1.57. The van der Waals surface area contributed by atoms with Crippen LogP contribution in [0.5, 0.6) is 0 Å². The van der Waals surface area contributed by atoms with E-state index < -0.39 is 0 Å². The Hall–Kier alpha value is -0.430. The molecule has 0 aliphatic carbocycles. The van der Waals surface area contributed by atoms with Crippen molar-refractivity contribution in [2.45, 2.75) is 0 Å². The first-order valence-electron chi connectivity index (χ1n) is 1.50. The first-order valence-corrected chi connectivity index (χ1v) is 1.88. The molecular formula is C4H2ClO. The quantitative estimate of drug-likeness (QED) is 0.485. The van der Waals surface area contributed by atoms with Gasteiger partial charge in [-0.15, -0.1) is 0 Å². The molecule has 0 atom stereocenters. The molecule has 2 heteroatoms. The fourth-order valence-corrected chi connectivity index (χ4v) is 0.314. The van der Waals surface area contributed by atoms with Gasteiger partial charge in [-0.05, 0) is 6.07 Å². The Morgan fingerprint density at radius 1 is 1.83 bits per heavy atom. The minimum atomic E-state index is 0.523. The Kier molecular flexibility index (Phi) is 0.843. The summed E-state index contributed by atoms with van der Waals surface area (Å²) in [4.78, 5) is 0. The van der Waals surface area contributed by atoms with Crippen LogP contribution in [-0.2, 0) is 0 Å². The topological polar surface area (TPSA) is 13.1 Å². The molecule has 1 aromatic rings. The maximum Gasteiger partial charge on any atom is 0.189 e. The maximum absolute atomic E-state index is 5.31. The molecule has 1 aromatic heterocycles. The van der Waals surface area contributed by atoms with E-state index in [0.717, 1.165) is 0 Å². The van der Waals surface area contributed by atoms with Crippen LogP contribution < -0.4 is 0 Å². The number of furan rings is 1. The zero-order chi connectivity index (χ0) is 4.41. The summed E-state index contributed by atoms with van der Waals surface area (Å²) in [6.45, 7) is 0. The summed E-state index contributed by atoms with van der Waals surface area (Å²) >= 11 is 5.31. The molecule has 0 N–H and O–H groups in total. The highest BCUT2D eigenvalue weighted by molar-refractivity contribution is 6.30. The Balaban J connectivity index is 3.05. The van der Waals surface area contributed by atoms with Gasteiger partial charge in [0.15, 0.2) is 6.26 Å². The van der Waals surface area contributed by atoms with Gasteiger partial charge < -0.3 is 4.42 Å². The van der Waals surface area contributed by atoms with Gasteiger partial charge in [0.2, 0.25) is 0 Å². The molecule has 0 bridgehead atoms. The Bertz CT molecular complexity index is 111. The van der Waals surface area contributed by atoms with Crippen LogP contribution in [0.4, 0.5) is 0 Å². The van der Waals surface area contributed by atoms with Gasteiger partial charge in [0, 0.05) is 0 Å². The third-order valence-corrected chi connectivity index (χ3v) is 0.642. The highest BCUT2D eigenvalue weighted by Crippen LogP contribution is 2.03. The molecule has 0 aliphatic heterocycles. The fourth-order valence-electron chi connectivity index (χ4n) is 0.218. The zero-order valence-corrected chi connectivity index (χ0v) is 3.70. The Labute approximate surface area is 40.5 Å². The van der Waals surface area contributed by atoms with Crippen LogP contribution in [0, 0.1) is 6.26 Å². The second kappa shape index (κ2) is 1.35. The Morgan fingerprint density at radius 2 is 2.67 bits per heavy atom. The summed E-state index contributed by atoms with van der Waals surface area (Å²) in [7, 11) is 0. The third-order valence-electron chi connectivity index (χ3n) is 0.439. The summed E-state index contributed by atoms with van der Waals surface area (Å²) in [6.07, 6.45) is 3.86. The lowest BCUT2D eigenvalue weighted by atomic mass is 10.7. The van der Waals surface area contributed by atoms with Crippen molar-refractivity contribution in [3.8, 4) is 0 Å². The van der Waals surface area contributed by atoms with E-state index in [1.165, 1.54) is 6.26 Å². The molecule has 0 unspecified atom stereocenters. The molecule has 0 saturated heterocycles. The van der Waals surface area contributed by atoms with Crippen molar-refractivity contribution in [2.24, 2.45) is 0 Å². The zero-order valence-electron chi connectivity index (χ0n) is 2.94. The number of hydrogen-bond donors (Lipinski definition) is 0. The molecule has 31 valence electrons. The summed E-state index contributed by atoms with van der Waals surface area (Å²) in [5.74, 6) is 0. The van der Waals surface area contributed by atoms with Gasteiger partial charge in [0.1, 0.15) is 0 Å². The van der Waals surface area contributed by atoms with E-state index in [1.54, 1.807) is 6.07 Å². The van der Waals surface area contributed by atoms with Gasteiger partial charge in [-0.3, -0.25) is 0 Å². The van der Waals surface area contributed by atoms with Crippen LogP contribution in [0.25, 0.3) is 0 Å². The molecule has 0 amide bonds. The van der Waals surface area contributed by atoms with E-state index in [4.69, 9.17) is 11.6 Å². The lowest BCUT2D eigenvalue weighted by Crippen LogP contribution is -1.36. The average molecular weight is 102 g/mol. The predicted molar refractivity (Wildman–Crippen MR) is 22.6 cm³/mol. The molecule has 1 nitrogen and oxygen atoms in total. The molecular weight excluding hydrogens is 99.5 g/mol. The van der Waals surface area contributed by atoms with Crippen LogP contribution >= 0.6 is 11.6 Å². The first-order chi connectivity index (χ1) is 2.89. The first kappa shape index (κ1) is 3.75. The molecule has 1 rings (SSSR count). The molecule has 0 fully saturated rings. The molecule has 1 radical (unpaired) electrons. The normalized spacial score (nSPS) is 8.83. The third kappa shape index (κ3) is 0.546. The molecule has 0 aliphatic rings. The SMILES string of the molecule is Clc1[c]occ1.